The number of nitrogens with two attached hydrogens (primary N) is 1. The predicted octanol–water partition coefficient (Wildman–Crippen LogP) is 1.61. The second-order valence-corrected chi connectivity index (χ2v) is 4.00. The monoisotopic (exact) mass is 244 g/mol. The van der Waals surface area contributed by atoms with Crippen LogP contribution in [0.1, 0.15) is 24.1 Å². The third kappa shape index (κ3) is 2.57. The van der Waals surface area contributed by atoms with E-state index in [4.69, 9.17) is 5.73 Å². The number of H-pyrrole nitrogens is 1. The number of aromatic amines is 1. The molecule has 1 heterocycles. The van der Waals surface area contributed by atoms with E-state index < -0.39 is 6.04 Å². The van der Waals surface area contributed by atoms with Crippen molar-refractivity contribution in [1.82, 2.24) is 10.2 Å². The van der Waals surface area contributed by atoms with E-state index in [1.54, 1.807) is 6.20 Å². The van der Waals surface area contributed by atoms with Crippen LogP contribution in [0.3, 0.4) is 0 Å². The molecule has 1 amide bonds. The fourth-order valence-electron chi connectivity index (χ4n) is 1.70. The molecule has 1 aromatic heterocycles. The Morgan fingerprint density at radius 2 is 2.17 bits per heavy atom. The van der Waals surface area contributed by atoms with Gasteiger partial charge in [0.2, 0.25) is 5.91 Å². The molecule has 0 spiro atoms. The van der Waals surface area contributed by atoms with E-state index in [0.717, 1.165) is 17.5 Å². The number of aryl methyl sites for hydroxylation is 1. The molecule has 2 aromatic rings. The van der Waals surface area contributed by atoms with Crippen LogP contribution in [-0.2, 0) is 11.2 Å². The predicted molar refractivity (Wildman–Crippen MR) is 70.0 cm³/mol. The normalized spacial score (nSPS) is 12.1. The Labute approximate surface area is 105 Å². The summed E-state index contributed by atoms with van der Waals surface area (Å²) < 4.78 is 0. The van der Waals surface area contributed by atoms with Crippen molar-refractivity contribution < 1.29 is 4.79 Å². The van der Waals surface area contributed by atoms with Gasteiger partial charge < -0.3 is 11.1 Å². The maximum Gasteiger partial charge on any atom is 0.247 e. The highest BCUT2D eigenvalue weighted by Gasteiger charge is 2.17. The first-order valence-corrected chi connectivity index (χ1v) is 5.86. The topological polar surface area (TPSA) is 83.8 Å². The van der Waals surface area contributed by atoms with Crippen molar-refractivity contribution in [3.8, 4) is 0 Å². The van der Waals surface area contributed by atoms with E-state index in [9.17, 15) is 4.79 Å². The Kier molecular flexibility index (Phi) is 3.74. The summed E-state index contributed by atoms with van der Waals surface area (Å²) >= 11 is 0. The number of hydrogen-bond donors (Lipinski definition) is 3. The average Bonchev–Trinajstić information content (AvgIpc) is 2.86. The molecule has 18 heavy (non-hydrogen) atoms. The van der Waals surface area contributed by atoms with Crippen LogP contribution in [0, 0.1) is 0 Å². The van der Waals surface area contributed by atoms with Crippen molar-refractivity contribution in [1.29, 1.82) is 0 Å². The molecule has 0 aliphatic heterocycles. The molecular formula is C13H16N4O. The Bertz CT molecular complexity index is 521. The Morgan fingerprint density at radius 3 is 2.83 bits per heavy atom. The molecule has 5 nitrogen and oxygen atoms in total. The Balaban J connectivity index is 2.09. The quantitative estimate of drug-likeness (QED) is 0.764. The van der Waals surface area contributed by atoms with Gasteiger partial charge in [0.15, 0.2) is 0 Å². The number of carbonyl (C=O) groups is 1. The van der Waals surface area contributed by atoms with Crippen LogP contribution in [0.5, 0.6) is 0 Å². The lowest BCUT2D eigenvalue weighted by Crippen LogP contribution is -2.28. The van der Waals surface area contributed by atoms with Gasteiger partial charge in [0.1, 0.15) is 11.9 Å². The van der Waals surface area contributed by atoms with E-state index >= 15 is 0 Å². The smallest absolute Gasteiger partial charge is 0.247 e. The number of anilines is 1. The van der Waals surface area contributed by atoms with Crippen molar-refractivity contribution >= 4 is 11.7 Å². The summed E-state index contributed by atoms with van der Waals surface area (Å²) in [6, 6.07) is 8.58. The van der Waals surface area contributed by atoms with Gasteiger partial charge in [-0.2, -0.15) is 5.10 Å². The molecule has 1 unspecified atom stereocenters. The van der Waals surface area contributed by atoms with Crippen LogP contribution >= 0.6 is 0 Å². The minimum Gasteiger partial charge on any atom is -0.316 e. The van der Waals surface area contributed by atoms with Crippen molar-refractivity contribution in [3.63, 3.8) is 0 Å². The number of rotatable bonds is 4. The first-order valence-electron chi connectivity index (χ1n) is 5.86. The second-order valence-electron chi connectivity index (χ2n) is 4.00. The molecule has 0 aliphatic carbocycles. The molecular weight excluding hydrogens is 228 g/mol. The molecule has 4 N–H and O–H groups in total. The molecule has 0 fully saturated rings. The molecule has 0 saturated carbocycles. The molecule has 0 radical (unpaired) electrons. The lowest BCUT2D eigenvalue weighted by atomic mass is 10.1. The first kappa shape index (κ1) is 12.3. The van der Waals surface area contributed by atoms with E-state index in [1.165, 1.54) is 0 Å². The van der Waals surface area contributed by atoms with Crippen LogP contribution in [0.25, 0.3) is 0 Å². The van der Waals surface area contributed by atoms with E-state index in [-0.39, 0.29) is 5.91 Å². The summed E-state index contributed by atoms with van der Waals surface area (Å²) in [6.45, 7) is 2.00. The minimum atomic E-state index is -0.681. The van der Waals surface area contributed by atoms with Crippen molar-refractivity contribution in [2.45, 2.75) is 19.4 Å². The fraction of sp³-hybridized carbons (Fsp3) is 0.231. The van der Waals surface area contributed by atoms with Gasteiger partial charge >= 0.3 is 0 Å². The third-order valence-corrected chi connectivity index (χ3v) is 2.79. The lowest BCUT2D eigenvalue weighted by molar-refractivity contribution is -0.117. The molecule has 94 valence electrons. The maximum atomic E-state index is 12.0. The lowest BCUT2D eigenvalue weighted by Gasteiger charge is -2.12. The Hall–Kier alpha value is -2.14. The standard InChI is InChI=1S/C13H16N4O/c1-2-9-8-15-17-12(9)16-13(18)11(14)10-6-4-3-5-7-10/h3-8,11H,2,14H2,1H3,(H2,15,16,17,18). The number of aromatic nitrogens is 2. The van der Waals surface area contributed by atoms with Crippen molar-refractivity contribution in [3.05, 3.63) is 47.7 Å². The van der Waals surface area contributed by atoms with Gasteiger partial charge in [-0.25, -0.2) is 0 Å². The van der Waals surface area contributed by atoms with Gasteiger partial charge in [-0.1, -0.05) is 37.3 Å². The molecule has 2 rings (SSSR count). The highest BCUT2D eigenvalue weighted by atomic mass is 16.2. The maximum absolute atomic E-state index is 12.0. The molecule has 0 bridgehead atoms. The van der Waals surface area contributed by atoms with Gasteiger partial charge in [0.05, 0.1) is 6.20 Å². The summed E-state index contributed by atoms with van der Waals surface area (Å²) in [7, 11) is 0. The SMILES string of the molecule is CCc1cn[nH]c1NC(=O)C(N)c1ccccc1. The summed E-state index contributed by atoms with van der Waals surface area (Å²) in [6.07, 6.45) is 2.50. The van der Waals surface area contributed by atoms with Crippen LogP contribution in [0.2, 0.25) is 0 Å². The second kappa shape index (κ2) is 5.46. The summed E-state index contributed by atoms with van der Waals surface area (Å²) in [4.78, 5) is 12.0. The van der Waals surface area contributed by atoms with Gasteiger partial charge in [0, 0.05) is 5.56 Å². The summed E-state index contributed by atoms with van der Waals surface area (Å²) in [5, 5.41) is 9.41. The number of benzene rings is 1. The molecule has 1 aromatic carbocycles. The largest absolute Gasteiger partial charge is 0.316 e. The van der Waals surface area contributed by atoms with E-state index in [2.05, 4.69) is 15.5 Å². The highest BCUT2D eigenvalue weighted by Crippen LogP contribution is 2.15. The molecule has 5 heteroatoms. The van der Waals surface area contributed by atoms with Gasteiger partial charge in [-0.3, -0.25) is 9.89 Å². The zero-order valence-electron chi connectivity index (χ0n) is 10.2. The zero-order valence-corrected chi connectivity index (χ0v) is 10.2. The number of nitrogens with zero attached hydrogens (tertiary/aromatic N) is 1. The van der Waals surface area contributed by atoms with Gasteiger partial charge in [-0.05, 0) is 12.0 Å². The van der Waals surface area contributed by atoms with Gasteiger partial charge in [0.25, 0.3) is 0 Å². The molecule has 1 atom stereocenters. The van der Waals surface area contributed by atoms with Crippen molar-refractivity contribution in [2.75, 3.05) is 5.32 Å². The number of amides is 1. The summed E-state index contributed by atoms with van der Waals surface area (Å²) in [5.74, 6) is 0.369. The van der Waals surface area contributed by atoms with Crippen LogP contribution in [0.15, 0.2) is 36.5 Å². The van der Waals surface area contributed by atoms with Crippen LogP contribution < -0.4 is 11.1 Å². The van der Waals surface area contributed by atoms with Gasteiger partial charge in [-0.15, -0.1) is 0 Å². The zero-order chi connectivity index (χ0) is 13.0. The third-order valence-electron chi connectivity index (χ3n) is 2.79. The summed E-state index contributed by atoms with van der Waals surface area (Å²) in [5.41, 5.74) is 7.65. The number of carbonyl (C=O) groups excluding carboxylic acids is 1. The van der Waals surface area contributed by atoms with Crippen LogP contribution in [-0.4, -0.2) is 16.1 Å². The fourth-order valence-corrected chi connectivity index (χ4v) is 1.70. The highest BCUT2D eigenvalue weighted by molar-refractivity contribution is 5.95. The van der Waals surface area contributed by atoms with Crippen molar-refractivity contribution in [2.24, 2.45) is 5.73 Å². The van der Waals surface area contributed by atoms with Crippen LogP contribution in [0.4, 0.5) is 5.82 Å². The molecule has 0 aliphatic rings. The number of hydrogen-bond acceptors (Lipinski definition) is 3. The average molecular weight is 244 g/mol. The van der Waals surface area contributed by atoms with E-state index in [1.807, 2.05) is 37.3 Å². The minimum absolute atomic E-state index is 0.250. The van der Waals surface area contributed by atoms with E-state index in [0.29, 0.717) is 5.82 Å². The molecule has 0 saturated heterocycles. The number of nitrogens with one attached hydrogen (secondary N) is 2. The Morgan fingerprint density at radius 1 is 1.44 bits per heavy atom. The first-order chi connectivity index (χ1) is 8.72.